The molecule has 1 N–H and O–H groups in total. The van der Waals surface area contributed by atoms with E-state index in [1.807, 2.05) is 18.2 Å². The highest BCUT2D eigenvalue weighted by Crippen LogP contribution is 2.50. The summed E-state index contributed by atoms with van der Waals surface area (Å²) >= 11 is 0. The van der Waals surface area contributed by atoms with E-state index in [2.05, 4.69) is 26.8 Å². The number of aromatic hydroxyl groups is 1. The number of benzene rings is 1. The van der Waals surface area contributed by atoms with Crippen LogP contribution in [0.3, 0.4) is 0 Å². The molecule has 2 nitrogen and oxygen atoms in total. The van der Waals surface area contributed by atoms with Crippen LogP contribution >= 0.6 is 0 Å². The lowest BCUT2D eigenvalue weighted by Crippen LogP contribution is -2.42. The highest BCUT2D eigenvalue weighted by Gasteiger charge is 2.44. The van der Waals surface area contributed by atoms with Crippen molar-refractivity contribution in [2.75, 3.05) is 6.61 Å². The van der Waals surface area contributed by atoms with Gasteiger partial charge in [-0.2, -0.15) is 0 Å². The molecule has 0 amide bonds. The van der Waals surface area contributed by atoms with Crippen molar-refractivity contribution in [2.45, 2.75) is 26.9 Å². The molecule has 1 fully saturated rings. The van der Waals surface area contributed by atoms with Gasteiger partial charge >= 0.3 is 0 Å². The Labute approximate surface area is 115 Å². The maximum Gasteiger partial charge on any atom is 0.121 e. The Bertz CT molecular complexity index is 506. The van der Waals surface area contributed by atoms with E-state index in [-0.39, 0.29) is 6.10 Å². The second-order valence-electron chi connectivity index (χ2n) is 6.13. The van der Waals surface area contributed by atoms with Crippen LogP contribution in [0.2, 0.25) is 0 Å². The van der Waals surface area contributed by atoms with Gasteiger partial charge in [0.1, 0.15) is 5.75 Å². The highest BCUT2D eigenvalue weighted by molar-refractivity contribution is 5.36. The summed E-state index contributed by atoms with van der Waals surface area (Å²) < 4.78 is 6.12. The molecule has 1 aromatic carbocycles. The Morgan fingerprint density at radius 3 is 2.68 bits per heavy atom. The number of phenols is 1. The van der Waals surface area contributed by atoms with E-state index in [4.69, 9.17) is 4.74 Å². The van der Waals surface area contributed by atoms with Crippen molar-refractivity contribution >= 4 is 0 Å². The quantitative estimate of drug-likeness (QED) is 0.773. The van der Waals surface area contributed by atoms with Crippen LogP contribution in [0.25, 0.3) is 0 Å². The van der Waals surface area contributed by atoms with E-state index in [1.54, 1.807) is 6.07 Å². The Morgan fingerprint density at radius 1 is 1.21 bits per heavy atom. The van der Waals surface area contributed by atoms with Crippen molar-refractivity contribution in [3.63, 3.8) is 0 Å². The molecule has 1 aliphatic carbocycles. The lowest BCUT2D eigenvalue weighted by Gasteiger charge is -2.47. The lowest BCUT2D eigenvalue weighted by molar-refractivity contribution is -0.0941. The summed E-state index contributed by atoms with van der Waals surface area (Å²) in [4.78, 5) is 0. The zero-order chi connectivity index (χ0) is 13.6. The number of hydrogen-bond acceptors (Lipinski definition) is 2. The van der Waals surface area contributed by atoms with E-state index in [1.165, 1.54) is 5.57 Å². The van der Waals surface area contributed by atoms with Gasteiger partial charge in [0, 0.05) is 11.5 Å². The van der Waals surface area contributed by atoms with E-state index in [0.29, 0.717) is 29.4 Å². The first-order valence-electron chi connectivity index (χ1n) is 7.17. The molecule has 0 unspecified atom stereocenters. The third kappa shape index (κ3) is 1.99. The number of fused-ring (bicyclic) bond motifs is 2. The van der Waals surface area contributed by atoms with Gasteiger partial charge in [0.2, 0.25) is 0 Å². The minimum Gasteiger partial charge on any atom is -0.508 e. The second-order valence-corrected chi connectivity index (χ2v) is 6.13. The molecule has 2 aliphatic rings. The van der Waals surface area contributed by atoms with Crippen molar-refractivity contribution in [1.82, 2.24) is 0 Å². The molecule has 5 atom stereocenters. The summed E-state index contributed by atoms with van der Waals surface area (Å²) in [5, 5.41) is 10.1. The maximum absolute atomic E-state index is 10.1. The van der Waals surface area contributed by atoms with Crippen LogP contribution in [0, 0.1) is 23.7 Å². The fourth-order valence-electron chi connectivity index (χ4n) is 3.96. The maximum atomic E-state index is 10.1. The van der Waals surface area contributed by atoms with Gasteiger partial charge in [-0.05, 0) is 30.7 Å². The number of para-hydroxylation sites is 1. The third-order valence-electron chi connectivity index (χ3n) is 5.01. The third-order valence-corrected chi connectivity index (χ3v) is 5.01. The zero-order valence-corrected chi connectivity index (χ0v) is 11.8. The van der Waals surface area contributed by atoms with Crippen molar-refractivity contribution in [3.8, 4) is 5.75 Å². The first-order valence-corrected chi connectivity index (χ1v) is 7.17. The number of rotatable bonds is 1. The summed E-state index contributed by atoms with van der Waals surface area (Å²) in [6.07, 6.45) is 2.39. The van der Waals surface area contributed by atoms with Crippen LogP contribution in [0.15, 0.2) is 35.9 Å². The van der Waals surface area contributed by atoms with Crippen LogP contribution in [0.4, 0.5) is 0 Å². The van der Waals surface area contributed by atoms with Crippen molar-refractivity contribution < 1.29 is 9.84 Å². The molecule has 19 heavy (non-hydrogen) atoms. The van der Waals surface area contributed by atoms with Gasteiger partial charge in [0.15, 0.2) is 0 Å². The molecule has 1 aromatic rings. The number of ether oxygens (including phenoxy) is 1. The van der Waals surface area contributed by atoms with Gasteiger partial charge in [-0.3, -0.25) is 0 Å². The average Bonchev–Trinajstić information content (AvgIpc) is 2.36. The largest absolute Gasteiger partial charge is 0.508 e. The first kappa shape index (κ1) is 12.7. The Morgan fingerprint density at radius 2 is 1.95 bits per heavy atom. The van der Waals surface area contributed by atoms with Crippen LogP contribution in [-0.4, -0.2) is 11.7 Å². The van der Waals surface area contributed by atoms with Gasteiger partial charge in [0.05, 0.1) is 12.7 Å². The smallest absolute Gasteiger partial charge is 0.121 e. The van der Waals surface area contributed by atoms with E-state index in [9.17, 15) is 5.11 Å². The van der Waals surface area contributed by atoms with Crippen molar-refractivity contribution in [2.24, 2.45) is 23.7 Å². The molecule has 0 spiro atoms. The fourth-order valence-corrected chi connectivity index (χ4v) is 3.96. The summed E-state index contributed by atoms with van der Waals surface area (Å²) in [5.41, 5.74) is 2.34. The number of hydrogen-bond donors (Lipinski definition) is 1. The molecular weight excluding hydrogens is 236 g/mol. The summed E-state index contributed by atoms with van der Waals surface area (Å²) in [5.74, 6) is 2.55. The Balaban J connectivity index is 2.01. The van der Waals surface area contributed by atoms with Gasteiger partial charge in [-0.25, -0.2) is 0 Å². The average molecular weight is 258 g/mol. The number of allylic oxidation sites excluding steroid dienone is 1. The molecule has 0 radical (unpaired) electrons. The molecule has 2 heteroatoms. The molecule has 1 saturated heterocycles. The van der Waals surface area contributed by atoms with Crippen molar-refractivity contribution in [1.29, 1.82) is 0 Å². The van der Waals surface area contributed by atoms with Crippen LogP contribution in [-0.2, 0) is 4.74 Å². The van der Waals surface area contributed by atoms with Gasteiger partial charge in [-0.15, -0.1) is 0 Å². The van der Waals surface area contributed by atoms with Crippen LogP contribution < -0.4 is 0 Å². The van der Waals surface area contributed by atoms with E-state index in [0.717, 1.165) is 12.2 Å². The topological polar surface area (TPSA) is 29.5 Å². The molecule has 3 rings (SSSR count). The van der Waals surface area contributed by atoms with E-state index < -0.39 is 0 Å². The molecule has 102 valence electrons. The molecule has 0 saturated carbocycles. The predicted octanol–water partition coefficient (Wildman–Crippen LogP) is 3.93. The SMILES string of the molecule is CC1=C[C@H](C)[C@H]2CO[C@H](c3ccccc3O)[C@H]1[C@@H]2C. The molecular formula is C17H22O2. The summed E-state index contributed by atoms with van der Waals surface area (Å²) in [6.45, 7) is 7.61. The molecule has 2 bridgehead atoms. The van der Waals surface area contributed by atoms with Gasteiger partial charge in [-0.1, -0.05) is 43.7 Å². The normalized spacial score (nSPS) is 37.8. The number of phenolic OH excluding ortho intramolecular Hbond substituents is 1. The van der Waals surface area contributed by atoms with Gasteiger partial charge < -0.3 is 9.84 Å². The van der Waals surface area contributed by atoms with Crippen LogP contribution in [0.1, 0.15) is 32.4 Å². The monoisotopic (exact) mass is 258 g/mol. The fraction of sp³-hybridized carbons (Fsp3) is 0.529. The molecule has 1 heterocycles. The standard InChI is InChI=1S/C17H22O2/c1-10-8-11(2)16-12(3)14(10)9-19-17(16)13-6-4-5-7-15(13)18/h4-8,10,12,14,16-18H,9H2,1-3H3/t10-,12+,14+,16+,17+/m0/s1. The molecule has 1 aliphatic heterocycles. The minimum atomic E-state index is -0.00352. The Hall–Kier alpha value is -1.28. The van der Waals surface area contributed by atoms with Gasteiger partial charge in [0.25, 0.3) is 0 Å². The first-order chi connectivity index (χ1) is 9.09. The zero-order valence-electron chi connectivity index (χ0n) is 11.8. The lowest BCUT2D eigenvalue weighted by atomic mass is 9.64. The summed E-state index contributed by atoms with van der Waals surface area (Å²) in [6, 6.07) is 7.57. The van der Waals surface area contributed by atoms with Crippen LogP contribution in [0.5, 0.6) is 5.75 Å². The highest BCUT2D eigenvalue weighted by atomic mass is 16.5. The second kappa shape index (κ2) is 4.68. The minimum absolute atomic E-state index is 0.00352. The molecule has 0 aromatic heterocycles. The predicted molar refractivity (Wildman–Crippen MR) is 75.9 cm³/mol. The summed E-state index contributed by atoms with van der Waals surface area (Å²) in [7, 11) is 0. The Kier molecular flexibility index (Phi) is 3.14. The van der Waals surface area contributed by atoms with Crippen molar-refractivity contribution in [3.05, 3.63) is 41.5 Å². The van der Waals surface area contributed by atoms with E-state index >= 15 is 0 Å².